The number of aromatic nitrogens is 1. The summed E-state index contributed by atoms with van der Waals surface area (Å²) in [5.41, 5.74) is 2.72. The van der Waals surface area contributed by atoms with Crippen molar-refractivity contribution in [3.8, 4) is 11.1 Å². The highest BCUT2D eigenvalue weighted by Gasteiger charge is 2.50. The molecule has 6 rings (SSSR count). The van der Waals surface area contributed by atoms with Crippen molar-refractivity contribution in [3.05, 3.63) is 102 Å². The van der Waals surface area contributed by atoms with Crippen molar-refractivity contribution in [1.29, 1.82) is 0 Å². The minimum Gasteiger partial charge on any atom is -0.331 e. The van der Waals surface area contributed by atoms with Crippen LogP contribution in [0.15, 0.2) is 79.0 Å². The average molecular weight is 466 g/mol. The number of nitrogens with zero attached hydrogens (tertiary/aromatic N) is 2. The molecule has 3 aromatic carbocycles. The molecule has 3 heterocycles. The number of nitrogens with one attached hydrogen (secondary N) is 2. The van der Waals surface area contributed by atoms with Crippen molar-refractivity contribution in [2.45, 2.75) is 12.1 Å². The van der Waals surface area contributed by atoms with Gasteiger partial charge in [0.25, 0.3) is 11.8 Å². The molecule has 1 saturated heterocycles. The first-order valence-electron chi connectivity index (χ1n) is 11.1. The number of halogens is 1. The summed E-state index contributed by atoms with van der Waals surface area (Å²) in [6.45, 7) is 0.136. The predicted octanol–water partition coefficient (Wildman–Crippen LogP) is 3.73. The molecule has 1 unspecified atom stereocenters. The number of fused-ring (bicyclic) bond motifs is 2. The number of carbonyl (C=O) groups excluding carboxylic acids is 3. The first-order chi connectivity index (χ1) is 16.9. The number of urea groups is 1. The van der Waals surface area contributed by atoms with Gasteiger partial charge in [-0.15, -0.1) is 0 Å². The van der Waals surface area contributed by atoms with E-state index in [0.29, 0.717) is 11.1 Å². The third-order valence-electron chi connectivity index (χ3n) is 6.62. The lowest BCUT2D eigenvalue weighted by Crippen LogP contribution is -2.52. The van der Waals surface area contributed by atoms with Crippen LogP contribution in [0.5, 0.6) is 0 Å². The highest BCUT2D eigenvalue weighted by Crippen LogP contribution is 2.33. The first-order valence-corrected chi connectivity index (χ1v) is 11.1. The number of carbonyl (C=O) groups is 3. The van der Waals surface area contributed by atoms with Gasteiger partial charge < -0.3 is 10.2 Å². The fourth-order valence-electron chi connectivity index (χ4n) is 4.82. The van der Waals surface area contributed by atoms with E-state index in [-0.39, 0.29) is 24.6 Å². The van der Waals surface area contributed by atoms with E-state index in [2.05, 4.69) is 15.6 Å². The smallest absolute Gasteiger partial charge is 0.322 e. The molecule has 2 aliphatic heterocycles. The lowest BCUT2D eigenvalue weighted by Gasteiger charge is -2.31. The molecule has 8 heteroatoms. The topological polar surface area (TPSA) is 91.4 Å². The van der Waals surface area contributed by atoms with Crippen molar-refractivity contribution in [3.63, 3.8) is 0 Å². The van der Waals surface area contributed by atoms with Crippen molar-refractivity contribution in [1.82, 2.24) is 20.5 Å². The van der Waals surface area contributed by atoms with Gasteiger partial charge in [0.05, 0.1) is 12.1 Å². The van der Waals surface area contributed by atoms with Crippen LogP contribution in [0.3, 0.4) is 0 Å². The van der Waals surface area contributed by atoms with Gasteiger partial charge in [-0.2, -0.15) is 0 Å². The number of benzene rings is 3. The molecule has 2 N–H and O–H groups in total. The molecule has 7 nitrogen and oxygen atoms in total. The molecule has 2 aliphatic rings. The second-order valence-corrected chi connectivity index (χ2v) is 8.77. The van der Waals surface area contributed by atoms with E-state index in [1.807, 2.05) is 42.5 Å². The molecular weight excluding hydrogens is 447 g/mol. The SMILES string of the molecule is O=C1NC(=O)C(CN2Cc3ccc(F)cc3C2=O)(c2ccc(-c3cnc4ccccc4c3)cc2)N1. The van der Waals surface area contributed by atoms with Crippen LogP contribution in [-0.2, 0) is 16.9 Å². The summed E-state index contributed by atoms with van der Waals surface area (Å²) < 4.78 is 13.7. The van der Waals surface area contributed by atoms with E-state index in [1.54, 1.807) is 24.4 Å². The summed E-state index contributed by atoms with van der Waals surface area (Å²) in [4.78, 5) is 44.1. The van der Waals surface area contributed by atoms with E-state index >= 15 is 0 Å². The van der Waals surface area contributed by atoms with E-state index in [0.717, 1.165) is 22.0 Å². The first kappa shape index (κ1) is 21.0. The Kier molecular flexibility index (Phi) is 4.63. The van der Waals surface area contributed by atoms with Crippen LogP contribution in [0.1, 0.15) is 21.5 Å². The number of hydrogen-bond donors (Lipinski definition) is 2. The molecule has 4 amide bonds. The second kappa shape index (κ2) is 7.73. The van der Waals surface area contributed by atoms with Crippen molar-refractivity contribution >= 4 is 28.7 Å². The summed E-state index contributed by atoms with van der Waals surface area (Å²) in [6.07, 6.45) is 1.79. The molecule has 0 spiro atoms. The van der Waals surface area contributed by atoms with Crippen LogP contribution in [0.4, 0.5) is 9.18 Å². The largest absolute Gasteiger partial charge is 0.331 e. The highest BCUT2D eigenvalue weighted by molar-refractivity contribution is 6.08. The standard InChI is InChI=1S/C27H19FN4O3/c28-21-10-7-18-14-32(24(33)22(18)12-21)15-27(25(34)30-26(35)31-27)20-8-5-16(6-9-20)19-11-17-3-1-2-4-23(17)29-13-19/h1-13H,14-15H2,(H2,30,31,34,35). The van der Waals surface area contributed by atoms with Crippen LogP contribution in [0, 0.1) is 5.82 Å². The monoisotopic (exact) mass is 466 g/mol. The number of rotatable bonds is 4. The molecule has 1 fully saturated rings. The van der Waals surface area contributed by atoms with Gasteiger partial charge in [-0.25, -0.2) is 9.18 Å². The molecule has 4 aromatic rings. The van der Waals surface area contributed by atoms with Gasteiger partial charge in [0.1, 0.15) is 5.82 Å². The lowest BCUT2D eigenvalue weighted by molar-refractivity contribution is -0.124. The molecular formula is C27H19FN4O3. The predicted molar refractivity (Wildman–Crippen MR) is 127 cm³/mol. The Morgan fingerprint density at radius 1 is 0.943 bits per heavy atom. The summed E-state index contributed by atoms with van der Waals surface area (Å²) in [5, 5.41) is 6.03. The molecule has 0 bridgehead atoms. The molecule has 35 heavy (non-hydrogen) atoms. The van der Waals surface area contributed by atoms with E-state index in [4.69, 9.17) is 0 Å². The Morgan fingerprint density at radius 2 is 1.74 bits per heavy atom. The highest BCUT2D eigenvalue weighted by atomic mass is 19.1. The Labute approximate surface area is 199 Å². The Morgan fingerprint density at radius 3 is 2.51 bits per heavy atom. The second-order valence-electron chi connectivity index (χ2n) is 8.77. The normalized spacial score (nSPS) is 19.1. The molecule has 1 aromatic heterocycles. The van der Waals surface area contributed by atoms with Gasteiger partial charge in [0.2, 0.25) is 0 Å². The van der Waals surface area contributed by atoms with Crippen LogP contribution >= 0.6 is 0 Å². The zero-order valence-corrected chi connectivity index (χ0v) is 18.4. The summed E-state index contributed by atoms with van der Waals surface area (Å²) >= 11 is 0. The van der Waals surface area contributed by atoms with Gasteiger partial charge in [0.15, 0.2) is 5.54 Å². The zero-order valence-electron chi connectivity index (χ0n) is 18.4. The third kappa shape index (κ3) is 3.42. The Hall–Kier alpha value is -4.59. The van der Waals surface area contributed by atoms with Gasteiger partial charge in [-0.05, 0) is 41.0 Å². The Balaban J connectivity index is 1.34. The number of amides is 4. The molecule has 0 aliphatic carbocycles. The summed E-state index contributed by atoms with van der Waals surface area (Å²) in [5.74, 6) is -1.43. The fraction of sp³-hybridized carbons (Fsp3) is 0.111. The molecule has 0 saturated carbocycles. The molecule has 1 atom stereocenters. The Bertz CT molecular complexity index is 1540. The van der Waals surface area contributed by atoms with Crippen LogP contribution in [0.25, 0.3) is 22.0 Å². The zero-order chi connectivity index (χ0) is 24.2. The van der Waals surface area contributed by atoms with Gasteiger partial charge in [-0.1, -0.05) is 48.5 Å². The van der Waals surface area contributed by atoms with Gasteiger partial charge in [0, 0.05) is 29.3 Å². The molecule has 172 valence electrons. The maximum atomic E-state index is 13.7. The lowest BCUT2D eigenvalue weighted by atomic mass is 9.88. The van der Waals surface area contributed by atoms with Crippen LogP contribution < -0.4 is 10.6 Å². The van der Waals surface area contributed by atoms with Crippen LogP contribution in [-0.4, -0.2) is 34.3 Å². The number of hydrogen-bond acceptors (Lipinski definition) is 4. The minimum absolute atomic E-state index is 0.0867. The summed E-state index contributed by atoms with van der Waals surface area (Å²) in [6, 6.07) is 20.5. The number of imide groups is 1. The van der Waals surface area contributed by atoms with Crippen LogP contribution in [0.2, 0.25) is 0 Å². The maximum absolute atomic E-state index is 13.7. The van der Waals surface area contributed by atoms with Gasteiger partial charge in [-0.3, -0.25) is 19.9 Å². The quantitative estimate of drug-likeness (QED) is 0.449. The van der Waals surface area contributed by atoms with Crippen molar-refractivity contribution in [2.75, 3.05) is 6.54 Å². The van der Waals surface area contributed by atoms with Crippen molar-refractivity contribution in [2.24, 2.45) is 0 Å². The van der Waals surface area contributed by atoms with Gasteiger partial charge >= 0.3 is 6.03 Å². The fourth-order valence-corrected chi connectivity index (χ4v) is 4.82. The average Bonchev–Trinajstić information content (AvgIpc) is 3.33. The van der Waals surface area contributed by atoms with E-state index in [1.165, 1.54) is 17.0 Å². The summed E-state index contributed by atoms with van der Waals surface area (Å²) in [7, 11) is 0. The third-order valence-corrected chi connectivity index (χ3v) is 6.62. The van der Waals surface area contributed by atoms with E-state index in [9.17, 15) is 18.8 Å². The van der Waals surface area contributed by atoms with E-state index < -0.39 is 23.3 Å². The minimum atomic E-state index is -1.46. The number of pyridine rings is 1. The van der Waals surface area contributed by atoms with Crippen molar-refractivity contribution < 1.29 is 18.8 Å². The number of para-hydroxylation sites is 1. The molecule has 0 radical (unpaired) electrons. The maximum Gasteiger partial charge on any atom is 0.322 e.